The van der Waals surface area contributed by atoms with Gasteiger partial charge in [0.2, 0.25) is 0 Å². The minimum absolute atomic E-state index is 0. The third-order valence-electron chi connectivity index (χ3n) is 4.57. The Labute approximate surface area is 151 Å². The molecule has 1 aliphatic carbocycles. The molecule has 0 saturated heterocycles. The van der Waals surface area contributed by atoms with Crippen LogP contribution in [0.15, 0.2) is 36.4 Å². The summed E-state index contributed by atoms with van der Waals surface area (Å²) in [7, 11) is 0. The van der Waals surface area contributed by atoms with Gasteiger partial charge in [-0.15, -0.1) is 12.4 Å². The highest BCUT2D eigenvalue weighted by Gasteiger charge is 2.31. The first-order valence-corrected chi connectivity index (χ1v) is 8.01. The standard InChI is InChI=1S/C18H19N5O.ClH/c1-10-7-11(2)23-16(20-10)9-15(22-23)18(24)21-14-8-12-5-3-4-6-13(12)17(14)19;/h3-7,9,14,17H,8,19H2,1-2H3,(H,21,24);1H/t14-,17-;/m0./s1. The average Bonchev–Trinajstić information content (AvgIpc) is 3.10. The van der Waals surface area contributed by atoms with Crippen LogP contribution >= 0.6 is 12.4 Å². The molecule has 130 valence electrons. The monoisotopic (exact) mass is 357 g/mol. The maximum Gasteiger partial charge on any atom is 0.272 e. The number of carbonyl (C=O) groups is 1. The van der Waals surface area contributed by atoms with Crippen LogP contribution in [0.4, 0.5) is 0 Å². The summed E-state index contributed by atoms with van der Waals surface area (Å²) < 4.78 is 1.69. The van der Waals surface area contributed by atoms with Crippen molar-refractivity contribution < 1.29 is 4.79 Å². The highest BCUT2D eigenvalue weighted by Crippen LogP contribution is 2.29. The van der Waals surface area contributed by atoms with E-state index in [1.54, 1.807) is 10.6 Å². The lowest BCUT2D eigenvalue weighted by molar-refractivity contribution is 0.0928. The van der Waals surface area contributed by atoms with Gasteiger partial charge in [-0.3, -0.25) is 4.79 Å². The number of benzene rings is 1. The van der Waals surface area contributed by atoms with Gasteiger partial charge in [0.15, 0.2) is 11.3 Å². The molecule has 0 saturated carbocycles. The number of halogens is 1. The van der Waals surface area contributed by atoms with Gasteiger partial charge in [-0.25, -0.2) is 9.50 Å². The molecule has 25 heavy (non-hydrogen) atoms. The van der Waals surface area contributed by atoms with Crippen molar-refractivity contribution in [2.45, 2.75) is 32.4 Å². The molecule has 0 spiro atoms. The molecule has 3 aromatic rings. The minimum Gasteiger partial charge on any atom is -0.346 e. The lowest BCUT2D eigenvalue weighted by Crippen LogP contribution is -2.40. The quantitative estimate of drug-likeness (QED) is 0.735. The minimum atomic E-state index is -0.217. The molecule has 0 bridgehead atoms. The van der Waals surface area contributed by atoms with E-state index in [2.05, 4.69) is 21.5 Å². The molecule has 1 aromatic carbocycles. The number of carbonyl (C=O) groups excluding carboxylic acids is 1. The zero-order valence-electron chi connectivity index (χ0n) is 14.1. The molecule has 4 rings (SSSR count). The molecule has 2 atom stereocenters. The molecular weight excluding hydrogens is 338 g/mol. The number of rotatable bonds is 2. The normalized spacial score (nSPS) is 18.7. The Morgan fingerprint density at radius 3 is 2.80 bits per heavy atom. The third-order valence-corrected chi connectivity index (χ3v) is 4.57. The van der Waals surface area contributed by atoms with Crippen LogP contribution in [-0.4, -0.2) is 26.5 Å². The maximum absolute atomic E-state index is 12.6. The Kier molecular flexibility index (Phi) is 4.49. The lowest BCUT2D eigenvalue weighted by atomic mass is 10.1. The SMILES string of the molecule is Cc1cc(C)n2nc(C(=O)N[C@H]3Cc4ccccc4[C@@H]3N)cc2n1.Cl. The van der Waals surface area contributed by atoms with Crippen molar-refractivity contribution in [1.29, 1.82) is 0 Å². The van der Waals surface area contributed by atoms with Crippen molar-refractivity contribution in [2.24, 2.45) is 5.73 Å². The Balaban J connectivity index is 0.00000182. The predicted molar refractivity (Wildman–Crippen MR) is 98.0 cm³/mol. The summed E-state index contributed by atoms with van der Waals surface area (Å²) in [5, 5.41) is 7.39. The predicted octanol–water partition coefficient (Wildman–Crippen LogP) is 2.12. The van der Waals surface area contributed by atoms with E-state index in [0.29, 0.717) is 11.3 Å². The molecule has 7 heteroatoms. The molecule has 1 amide bonds. The molecule has 1 aliphatic rings. The van der Waals surface area contributed by atoms with Crippen LogP contribution in [0.2, 0.25) is 0 Å². The Bertz CT molecular complexity index is 952. The topological polar surface area (TPSA) is 85.3 Å². The fourth-order valence-electron chi connectivity index (χ4n) is 3.41. The van der Waals surface area contributed by atoms with Crippen LogP contribution in [0, 0.1) is 13.8 Å². The number of aromatic nitrogens is 3. The van der Waals surface area contributed by atoms with Crippen LogP contribution in [0.3, 0.4) is 0 Å². The number of nitrogens with two attached hydrogens (primary N) is 1. The maximum atomic E-state index is 12.6. The van der Waals surface area contributed by atoms with E-state index in [-0.39, 0.29) is 30.4 Å². The largest absolute Gasteiger partial charge is 0.346 e. The van der Waals surface area contributed by atoms with Crippen molar-refractivity contribution in [3.8, 4) is 0 Å². The molecule has 0 unspecified atom stereocenters. The number of fused-ring (bicyclic) bond motifs is 2. The molecule has 0 aliphatic heterocycles. The Hall–Kier alpha value is -2.44. The van der Waals surface area contributed by atoms with E-state index < -0.39 is 0 Å². The van der Waals surface area contributed by atoms with Gasteiger partial charge in [0.05, 0.1) is 12.1 Å². The van der Waals surface area contributed by atoms with E-state index >= 15 is 0 Å². The van der Waals surface area contributed by atoms with Gasteiger partial charge in [-0.2, -0.15) is 5.10 Å². The second-order valence-corrected chi connectivity index (χ2v) is 6.35. The highest BCUT2D eigenvalue weighted by atomic mass is 35.5. The molecule has 2 aromatic heterocycles. The summed E-state index contributed by atoms with van der Waals surface area (Å²) >= 11 is 0. The van der Waals surface area contributed by atoms with Gasteiger partial charge in [0, 0.05) is 17.5 Å². The molecular formula is C18H20ClN5O. The zero-order valence-corrected chi connectivity index (χ0v) is 14.9. The number of nitrogens with one attached hydrogen (secondary N) is 1. The summed E-state index contributed by atoms with van der Waals surface area (Å²) in [5.41, 5.74) is 11.5. The second-order valence-electron chi connectivity index (χ2n) is 6.35. The number of hydrogen-bond donors (Lipinski definition) is 2. The van der Waals surface area contributed by atoms with Gasteiger partial charge in [0.1, 0.15) is 0 Å². The van der Waals surface area contributed by atoms with Gasteiger partial charge >= 0.3 is 0 Å². The van der Waals surface area contributed by atoms with Crippen LogP contribution in [0.5, 0.6) is 0 Å². The average molecular weight is 358 g/mol. The Morgan fingerprint density at radius 2 is 2.04 bits per heavy atom. The second kappa shape index (κ2) is 6.46. The summed E-state index contributed by atoms with van der Waals surface area (Å²) in [4.78, 5) is 17.0. The van der Waals surface area contributed by atoms with E-state index in [0.717, 1.165) is 23.4 Å². The van der Waals surface area contributed by atoms with Crippen LogP contribution in [0.25, 0.3) is 5.65 Å². The number of hydrogen-bond acceptors (Lipinski definition) is 4. The van der Waals surface area contributed by atoms with Crippen molar-refractivity contribution in [3.63, 3.8) is 0 Å². The van der Waals surface area contributed by atoms with Gasteiger partial charge in [0.25, 0.3) is 5.91 Å². The van der Waals surface area contributed by atoms with Crippen molar-refractivity contribution in [2.75, 3.05) is 0 Å². The molecule has 3 N–H and O–H groups in total. The van der Waals surface area contributed by atoms with Crippen LogP contribution in [0.1, 0.15) is 39.0 Å². The van der Waals surface area contributed by atoms with Gasteiger partial charge in [-0.05, 0) is 37.5 Å². The fraction of sp³-hybridized carbons (Fsp3) is 0.278. The van der Waals surface area contributed by atoms with Crippen molar-refractivity contribution in [1.82, 2.24) is 19.9 Å². The zero-order chi connectivity index (χ0) is 16.8. The number of aryl methyl sites for hydroxylation is 2. The number of amides is 1. The van der Waals surface area contributed by atoms with Crippen LogP contribution in [-0.2, 0) is 6.42 Å². The van der Waals surface area contributed by atoms with Gasteiger partial charge < -0.3 is 11.1 Å². The third kappa shape index (κ3) is 2.99. The van der Waals surface area contributed by atoms with Crippen molar-refractivity contribution >= 4 is 24.0 Å². The smallest absolute Gasteiger partial charge is 0.272 e. The summed E-state index contributed by atoms with van der Waals surface area (Å²) in [6.45, 7) is 3.87. The lowest BCUT2D eigenvalue weighted by Gasteiger charge is -2.17. The first-order valence-electron chi connectivity index (χ1n) is 8.01. The van der Waals surface area contributed by atoms with E-state index in [1.807, 2.05) is 38.1 Å². The van der Waals surface area contributed by atoms with E-state index in [1.165, 1.54) is 5.56 Å². The molecule has 0 radical (unpaired) electrons. The van der Waals surface area contributed by atoms with Crippen LogP contribution < -0.4 is 11.1 Å². The first kappa shape index (κ1) is 17.4. The molecule has 0 fully saturated rings. The molecule has 6 nitrogen and oxygen atoms in total. The summed E-state index contributed by atoms with van der Waals surface area (Å²) in [5.74, 6) is -0.217. The first-order chi connectivity index (χ1) is 11.5. The molecule has 2 heterocycles. The summed E-state index contributed by atoms with van der Waals surface area (Å²) in [6.07, 6.45) is 0.743. The van der Waals surface area contributed by atoms with Gasteiger partial charge in [-0.1, -0.05) is 24.3 Å². The van der Waals surface area contributed by atoms with E-state index in [4.69, 9.17) is 5.73 Å². The Morgan fingerprint density at radius 1 is 1.28 bits per heavy atom. The summed E-state index contributed by atoms with van der Waals surface area (Å²) in [6, 6.07) is 11.4. The van der Waals surface area contributed by atoms with E-state index in [9.17, 15) is 4.79 Å². The fourth-order valence-corrected chi connectivity index (χ4v) is 3.41. The number of nitrogens with zero attached hydrogens (tertiary/aromatic N) is 3. The highest BCUT2D eigenvalue weighted by molar-refractivity contribution is 5.93. The van der Waals surface area contributed by atoms with Crippen molar-refractivity contribution in [3.05, 3.63) is 64.6 Å².